The van der Waals surface area contributed by atoms with Crippen LogP contribution in [0.2, 0.25) is 0 Å². The maximum absolute atomic E-state index is 14.3. The molecular formula is C22H22FN3O. The third-order valence-corrected chi connectivity index (χ3v) is 4.31. The highest BCUT2D eigenvalue weighted by molar-refractivity contribution is 5.77. The molecule has 138 valence electrons. The highest BCUT2D eigenvalue weighted by atomic mass is 19.1. The van der Waals surface area contributed by atoms with Gasteiger partial charge in [0.25, 0.3) is 0 Å². The van der Waals surface area contributed by atoms with Crippen molar-refractivity contribution in [2.75, 3.05) is 18.4 Å². The summed E-state index contributed by atoms with van der Waals surface area (Å²) >= 11 is 0. The third-order valence-electron chi connectivity index (χ3n) is 4.31. The Labute approximate surface area is 158 Å². The third kappa shape index (κ3) is 5.38. The Kier molecular flexibility index (Phi) is 6.52. The number of hydrogen-bond acceptors (Lipinski definition) is 3. The van der Waals surface area contributed by atoms with Crippen molar-refractivity contribution in [2.24, 2.45) is 0 Å². The fourth-order valence-electron chi connectivity index (χ4n) is 2.98. The lowest BCUT2D eigenvalue weighted by molar-refractivity contribution is -0.121. The predicted octanol–water partition coefficient (Wildman–Crippen LogP) is 3.97. The summed E-state index contributed by atoms with van der Waals surface area (Å²) in [5.74, 6) is -0.726. The second-order valence-corrected chi connectivity index (χ2v) is 6.21. The molecule has 0 fully saturated rings. The van der Waals surface area contributed by atoms with Gasteiger partial charge in [0, 0.05) is 37.8 Å². The summed E-state index contributed by atoms with van der Waals surface area (Å²) in [7, 11) is 0. The topological polar surface area (TPSA) is 54.0 Å². The highest BCUT2D eigenvalue weighted by Gasteiger charge is 2.20. The summed E-state index contributed by atoms with van der Waals surface area (Å²) in [6.45, 7) is 1.07. The minimum absolute atomic E-state index is 0.111. The van der Waals surface area contributed by atoms with E-state index in [0.29, 0.717) is 18.7 Å². The molecule has 2 N–H and O–H groups in total. The van der Waals surface area contributed by atoms with E-state index in [4.69, 9.17) is 0 Å². The second kappa shape index (κ2) is 9.48. The van der Waals surface area contributed by atoms with Crippen molar-refractivity contribution in [3.63, 3.8) is 0 Å². The van der Waals surface area contributed by atoms with Crippen molar-refractivity contribution in [1.82, 2.24) is 10.3 Å². The number of amides is 1. The first-order chi connectivity index (χ1) is 13.2. The maximum atomic E-state index is 14.3. The molecule has 0 spiro atoms. The van der Waals surface area contributed by atoms with Gasteiger partial charge in [0.05, 0.1) is 5.69 Å². The molecule has 0 aliphatic heterocycles. The lowest BCUT2D eigenvalue weighted by Crippen LogP contribution is -2.30. The number of carbonyl (C=O) groups is 1. The molecule has 27 heavy (non-hydrogen) atoms. The number of anilines is 1. The zero-order chi connectivity index (χ0) is 18.9. The van der Waals surface area contributed by atoms with Crippen LogP contribution in [0.25, 0.3) is 0 Å². The van der Waals surface area contributed by atoms with Gasteiger partial charge in [0.15, 0.2) is 0 Å². The minimum atomic E-state index is -0.321. The molecule has 0 unspecified atom stereocenters. The number of halogens is 1. The molecule has 1 aromatic heterocycles. The Hall–Kier alpha value is -3.21. The van der Waals surface area contributed by atoms with Crippen molar-refractivity contribution < 1.29 is 9.18 Å². The van der Waals surface area contributed by atoms with E-state index >= 15 is 0 Å². The number of nitrogens with zero attached hydrogens (tertiary/aromatic N) is 1. The van der Waals surface area contributed by atoms with E-state index in [0.717, 1.165) is 11.3 Å². The molecule has 4 nitrogen and oxygen atoms in total. The molecule has 3 rings (SSSR count). The average Bonchev–Trinajstić information content (AvgIpc) is 2.71. The fraction of sp³-hybridized carbons (Fsp3) is 0.182. The van der Waals surface area contributed by atoms with Crippen LogP contribution in [0.3, 0.4) is 0 Å². The summed E-state index contributed by atoms with van der Waals surface area (Å²) in [4.78, 5) is 16.5. The van der Waals surface area contributed by atoms with Gasteiger partial charge in [-0.15, -0.1) is 0 Å². The van der Waals surface area contributed by atoms with Crippen molar-refractivity contribution in [3.05, 3.63) is 96.1 Å². The maximum Gasteiger partial charge on any atom is 0.221 e. The van der Waals surface area contributed by atoms with Crippen molar-refractivity contribution in [1.29, 1.82) is 0 Å². The number of hydrogen-bond donors (Lipinski definition) is 2. The number of aromatic nitrogens is 1. The summed E-state index contributed by atoms with van der Waals surface area (Å²) < 4.78 is 14.3. The largest absolute Gasteiger partial charge is 0.382 e. The minimum Gasteiger partial charge on any atom is -0.382 e. The van der Waals surface area contributed by atoms with Gasteiger partial charge in [0.2, 0.25) is 5.91 Å². The number of pyridine rings is 1. The van der Waals surface area contributed by atoms with E-state index in [2.05, 4.69) is 15.6 Å². The molecule has 0 saturated heterocycles. The van der Waals surface area contributed by atoms with Crippen molar-refractivity contribution >= 4 is 11.6 Å². The van der Waals surface area contributed by atoms with Gasteiger partial charge in [-0.3, -0.25) is 9.78 Å². The molecular weight excluding hydrogens is 341 g/mol. The van der Waals surface area contributed by atoms with Crippen LogP contribution in [0, 0.1) is 5.82 Å². The van der Waals surface area contributed by atoms with E-state index in [9.17, 15) is 9.18 Å². The average molecular weight is 363 g/mol. The van der Waals surface area contributed by atoms with Crippen LogP contribution in [-0.2, 0) is 4.79 Å². The number of benzene rings is 2. The predicted molar refractivity (Wildman–Crippen MR) is 105 cm³/mol. The van der Waals surface area contributed by atoms with E-state index in [1.54, 1.807) is 30.6 Å². The van der Waals surface area contributed by atoms with Crippen LogP contribution >= 0.6 is 0 Å². The molecule has 5 heteroatoms. The summed E-state index contributed by atoms with van der Waals surface area (Å²) in [6, 6.07) is 19.9. The molecule has 2 aromatic carbocycles. The quantitative estimate of drug-likeness (QED) is 0.596. The summed E-state index contributed by atoms with van der Waals surface area (Å²) in [5, 5.41) is 6.09. The van der Waals surface area contributed by atoms with E-state index in [1.807, 2.05) is 42.5 Å². The van der Waals surface area contributed by atoms with Crippen LogP contribution in [0.1, 0.15) is 23.5 Å². The molecule has 0 radical (unpaired) electrons. The standard InChI is InChI=1S/C22H22FN3O/c23-21-11-5-4-10-19(21)20(17-7-2-1-3-8-17)15-22(27)26-14-13-25-18-9-6-12-24-16-18/h1-12,16,20,25H,13-15H2,(H,26,27)/t20-/m1/s1. The number of nitrogens with one attached hydrogen (secondary N) is 2. The lowest BCUT2D eigenvalue weighted by Gasteiger charge is -2.18. The zero-order valence-corrected chi connectivity index (χ0v) is 14.9. The molecule has 0 aliphatic carbocycles. The first-order valence-electron chi connectivity index (χ1n) is 8.94. The Bertz CT molecular complexity index is 856. The monoisotopic (exact) mass is 363 g/mol. The van der Waals surface area contributed by atoms with Gasteiger partial charge in [-0.25, -0.2) is 4.39 Å². The Balaban J connectivity index is 1.60. The normalized spacial score (nSPS) is 11.6. The number of rotatable bonds is 8. The Morgan fingerprint density at radius 3 is 2.48 bits per heavy atom. The van der Waals surface area contributed by atoms with Crippen LogP contribution < -0.4 is 10.6 Å². The van der Waals surface area contributed by atoms with Gasteiger partial charge < -0.3 is 10.6 Å². The number of carbonyl (C=O) groups excluding carboxylic acids is 1. The van der Waals surface area contributed by atoms with Crippen molar-refractivity contribution in [2.45, 2.75) is 12.3 Å². The molecule has 0 bridgehead atoms. The van der Waals surface area contributed by atoms with Crippen LogP contribution in [-0.4, -0.2) is 24.0 Å². The second-order valence-electron chi connectivity index (χ2n) is 6.21. The van der Waals surface area contributed by atoms with E-state index in [1.165, 1.54) is 6.07 Å². The van der Waals surface area contributed by atoms with E-state index < -0.39 is 0 Å². The molecule has 1 amide bonds. The SMILES string of the molecule is O=C(C[C@H](c1ccccc1)c1ccccc1F)NCCNc1cccnc1. The summed E-state index contributed by atoms with van der Waals surface area (Å²) in [6.07, 6.45) is 3.63. The Morgan fingerprint density at radius 1 is 0.963 bits per heavy atom. The van der Waals surface area contributed by atoms with Crippen LogP contribution in [0.5, 0.6) is 0 Å². The first-order valence-corrected chi connectivity index (χ1v) is 8.94. The smallest absolute Gasteiger partial charge is 0.221 e. The summed E-state index contributed by atoms with van der Waals surface area (Å²) in [5.41, 5.74) is 2.36. The fourth-order valence-corrected chi connectivity index (χ4v) is 2.98. The van der Waals surface area contributed by atoms with Gasteiger partial charge in [-0.2, -0.15) is 0 Å². The van der Waals surface area contributed by atoms with Gasteiger partial charge in [-0.1, -0.05) is 48.5 Å². The molecule has 1 atom stereocenters. The van der Waals surface area contributed by atoms with Crippen molar-refractivity contribution in [3.8, 4) is 0 Å². The van der Waals surface area contributed by atoms with Crippen LogP contribution in [0.4, 0.5) is 10.1 Å². The first kappa shape index (κ1) is 18.6. The van der Waals surface area contributed by atoms with Gasteiger partial charge >= 0.3 is 0 Å². The molecule has 0 aliphatic rings. The zero-order valence-electron chi connectivity index (χ0n) is 14.9. The highest BCUT2D eigenvalue weighted by Crippen LogP contribution is 2.29. The lowest BCUT2D eigenvalue weighted by atomic mass is 9.88. The van der Waals surface area contributed by atoms with Gasteiger partial charge in [-0.05, 0) is 29.3 Å². The van der Waals surface area contributed by atoms with Crippen LogP contribution in [0.15, 0.2) is 79.1 Å². The molecule has 3 aromatic rings. The van der Waals surface area contributed by atoms with Gasteiger partial charge in [0.1, 0.15) is 5.82 Å². The Morgan fingerprint density at radius 2 is 1.74 bits per heavy atom. The molecule has 1 heterocycles. The molecule has 0 saturated carbocycles. The van der Waals surface area contributed by atoms with E-state index in [-0.39, 0.29) is 24.1 Å².